The monoisotopic (exact) mass is 419 g/mol. The molecule has 0 N–H and O–H groups in total. The summed E-state index contributed by atoms with van der Waals surface area (Å²) >= 11 is 0. The van der Waals surface area contributed by atoms with Gasteiger partial charge in [-0.2, -0.15) is 0 Å². The lowest BCUT2D eigenvalue weighted by Gasteiger charge is -2.31. The molecule has 6 nitrogen and oxygen atoms in total. The van der Waals surface area contributed by atoms with Gasteiger partial charge in [-0.25, -0.2) is 8.42 Å². The number of benzene rings is 1. The van der Waals surface area contributed by atoms with E-state index in [0.29, 0.717) is 19.7 Å². The highest BCUT2D eigenvalue weighted by Gasteiger charge is 2.44. The maximum Gasteiger partial charge on any atom is 0.326 e. The highest BCUT2D eigenvalue weighted by Crippen LogP contribution is 2.26. The van der Waals surface area contributed by atoms with Crippen LogP contribution in [0.1, 0.15) is 30.9 Å². The van der Waals surface area contributed by atoms with Gasteiger partial charge in [0.15, 0.2) is 14.6 Å². The van der Waals surface area contributed by atoms with Gasteiger partial charge in [0.1, 0.15) is 6.61 Å². The van der Waals surface area contributed by atoms with Crippen LogP contribution < -0.4 is 0 Å². The molecule has 1 atom stereocenters. The molecule has 0 bridgehead atoms. The topological polar surface area (TPSA) is 72.9 Å². The van der Waals surface area contributed by atoms with Crippen LogP contribution in [0.2, 0.25) is 0 Å². The Balaban J connectivity index is 1.99. The number of carbonyl (C=O) groups excluding carboxylic acids is 1. The summed E-state index contributed by atoms with van der Waals surface area (Å²) in [7, 11) is -0.741. The molecule has 0 aliphatic carbocycles. The molecule has 1 aliphatic heterocycles. The van der Waals surface area contributed by atoms with Crippen LogP contribution in [0.15, 0.2) is 30.3 Å². The molecule has 29 heavy (non-hydrogen) atoms. The fourth-order valence-electron chi connectivity index (χ4n) is 3.18. The summed E-state index contributed by atoms with van der Waals surface area (Å²) in [5.74, 6) is 5.28. The molecule has 0 amide bonds. The predicted octanol–water partition coefficient (Wildman–Crippen LogP) is 2.14. The maximum atomic E-state index is 12.1. The number of rotatable bonds is 7. The molecule has 1 unspecified atom stereocenters. The van der Waals surface area contributed by atoms with E-state index in [0.717, 1.165) is 30.3 Å². The summed E-state index contributed by atoms with van der Waals surface area (Å²) in [6, 6.07) is 8.13. The van der Waals surface area contributed by atoms with Crippen LogP contribution in [0.3, 0.4) is 0 Å². The Morgan fingerprint density at radius 1 is 1.24 bits per heavy atom. The number of hydrogen-bond donors (Lipinski definition) is 0. The average Bonchev–Trinajstić information content (AvgIpc) is 2.71. The molecule has 0 saturated carbocycles. The predicted molar refractivity (Wildman–Crippen MR) is 114 cm³/mol. The highest BCUT2D eigenvalue weighted by molar-refractivity contribution is 7.92. The Hall–Kier alpha value is -2.14. The summed E-state index contributed by atoms with van der Waals surface area (Å²) in [6.07, 6.45) is 4.31. The number of esters is 1. The smallest absolute Gasteiger partial charge is 0.326 e. The molecule has 158 valence electrons. The van der Waals surface area contributed by atoms with Crippen LogP contribution in [0.25, 0.3) is 5.57 Å². The molecule has 0 spiro atoms. The van der Waals surface area contributed by atoms with E-state index >= 15 is 0 Å². The van der Waals surface area contributed by atoms with Crippen molar-refractivity contribution in [2.75, 3.05) is 46.7 Å². The third kappa shape index (κ3) is 5.92. The van der Waals surface area contributed by atoms with E-state index in [1.165, 1.54) is 19.6 Å². The van der Waals surface area contributed by atoms with Gasteiger partial charge >= 0.3 is 5.97 Å². The van der Waals surface area contributed by atoms with Gasteiger partial charge in [0, 0.05) is 38.6 Å². The van der Waals surface area contributed by atoms with Crippen LogP contribution in [-0.4, -0.2) is 70.8 Å². The zero-order valence-corrected chi connectivity index (χ0v) is 18.3. The largest absolute Gasteiger partial charge is 0.468 e. The second-order valence-electron chi connectivity index (χ2n) is 7.34. The Morgan fingerprint density at radius 3 is 2.45 bits per heavy atom. The number of ether oxygens (including phenoxy) is 2. The minimum Gasteiger partial charge on any atom is -0.468 e. The van der Waals surface area contributed by atoms with Crippen molar-refractivity contribution in [3.8, 4) is 11.8 Å². The second kappa shape index (κ2) is 10.1. The Kier molecular flexibility index (Phi) is 8.03. The van der Waals surface area contributed by atoms with Crippen molar-refractivity contribution in [3.05, 3.63) is 41.5 Å². The van der Waals surface area contributed by atoms with Gasteiger partial charge in [0.05, 0.1) is 7.11 Å². The van der Waals surface area contributed by atoms with Gasteiger partial charge in [-0.15, -0.1) is 0 Å². The number of hydrogen-bond acceptors (Lipinski definition) is 6. The highest BCUT2D eigenvalue weighted by atomic mass is 32.2. The molecule has 0 radical (unpaired) electrons. The van der Waals surface area contributed by atoms with Gasteiger partial charge < -0.3 is 9.47 Å². The van der Waals surface area contributed by atoms with E-state index in [4.69, 9.17) is 9.47 Å². The van der Waals surface area contributed by atoms with Crippen LogP contribution in [0.4, 0.5) is 0 Å². The van der Waals surface area contributed by atoms with E-state index < -0.39 is 20.6 Å². The average molecular weight is 420 g/mol. The number of nitrogens with zero attached hydrogens (tertiary/aromatic N) is 1. The Bertz CT molecular complexity index is 909. The van der Waals surface area contributed by atoms with E-state index in [-0.39, 0.29) is 6.42 Å². The first kappa shape index (κ1) is 23.1. The minimum atomic E-state index is -3.58. The first-order valence-electron chi connectivity index (χ1n) is 9.49. The molecule has 0 aromatic heterocycles. The van der Waals surface area contributed by atoms with Crippen LogP contribution in [-0.2, 0) is 24.1 Å². The zero-order valence-electron chi connectivity index (χ0n) is 17.5. The van der Waals surface area contributed by atoms with Gasteiger partial charge in [-0.3, -0.25) is 9.69 Å². The molecule has 1 heterocycles. The molecule has 1 aromatic carbocycles. The third-order valence-electron chi connectivity index (χ3n) is 5.34. The molecule has 7 heteroatoms. The number of carbonyl (C=O) groups is 1. The number of methoxy groups -OCH3 is 2. The van der Waals surface area contributed by atoms with Crippen molar-refractivity contribution < 1.29 is 22.7 Å². The SMILES string of the molecule is COCC#Cc1ccc(C2=CCN(CCC(C)(C(=O)OC)S(C)(=O)=O)CC2)cc1. The van der Waals surface area contributed by atoms with E-state index in [2.05, 4.69) is 34.9 Å². The van der Waals surface area contributed by atoms with Crippen molar-refractivity contribution >= 4 is 21.4 Å². The lowest BCUT2D eigenvalue weighted by Crippen LogP contribution is -2.46. The summed E-state index contributed by atoms with van der Waals surface area (Å²) < 4.78 is 32.4. The van der Waals surface area contributed by atoms with Crippen molar-refractivity contribution in [2.45, 2.75) is 24.5 Å². The summed E-state index contributed by atoms with van der Waals surface area (Å²) in [5.41, 5.74) is 3.38. The molecule has 1 aliphatic rings. The Morgan fingerprint density at radius 2 is 1.93 bits per heavy atom. The lowest BCUT2D eigenvalue weighted by atomic mass is 9.98. The molecule has 0 fully saturated rings. The van der Waals surface area contributed by atoms with E-state index in [1.54, 1.807) is 7.11 Å². The molecular formula is C22H29NO5S. The zero-order chi connectivity index (χ0) is 21.5. The molecule has 1 aromatic rings. The quantitative estimate of drug-likeness (QED) is 0.498. The normalized spacial score (nSPS) is 16.9. The summed E-state index contributed by atoms with van der Waals surface area (Å²) in [4.78, 5) is 14.2. The Labute approximate surface area is 173 Å². The second-order valence-corrected chi connectivity index (χ2v) is 9.78. The van der Waals surface area contributed by atoms with Gasteiger partial charge in [-0.05, 0) is 43.0 Å². The summed E-state index contributed by atoms with van der Waals surface area (Å²) in [5, 5.41) is 0. The van der Waals surface area contributed by atoms with Gasteiger partial charge in [-0.1, -0.05) is 30.0 Å². The maximum absolute atomic E-state index is 12.1. The first-order chi connectivity index (χ1) is 13.7. The van der Waals surface area contributed by atoms with Crippen molar-refractivity contribution in [1.82, 2.24) is 4.90 Å². The van der Waals surface area contributed by atoms with Crippen LogP contribution in [0.5, 0.6) is 0 Å². The molecule has 0 saturated heterocycles. The van der Waals surface area contributed by atoms with Crippen molar-refractivity contribution in [1.29, 1.82) is 0 Å². The standard InChI is InChI=1S/C22H29NO5S/c1-22(21(24)28-3,29(4,25)26)13-16-23-14-11-20(12-15-23)19-9-7-18(8-10-19)6-5-17-27-2/h7-11H,12-17H2,1-4H3. The molecule has 2 rings (SSSR count). The van der Waals surface area contributed by atoms with Crippen LogP contribution in [0, 0.1) is 11.8 Å². The third-order valence-corrected chi connectivity index (χ3v) is 7.35. The first-order valence-corrected chi connectivity index (χ1v) is 11.4. The van der Waals surface area contributed by atoms with E-state index in [1.807, 2.05) is 12.1 Å². The number of sulfone groups is 1. The summed E-state index contributed by atoms with van der Waals surface area (Å²) in [6.45, 7) is 3.89. The van der Waals surface area contributed by atoms with Crippen molar-refractivity contribution in [3.63, 3.8) is 0 Å². The minimum absolute atomic E-state index is 0.205. The van der Waals surface area contributed by atoms with Gasteiger partial charge in [0.25, 0.3) is 0 Å². The lowest BCUT2D eigenvalue weighted by molar-refractivity contribution is -0.143. The van der Waals surface area contributed by atoms with Gasteiger partial charge in [0.2, 0.25) is 0 Å². The molecular weight excluding hydrogens is 390 g/mol. The fourth-order valence-corrected chi connectivity index (χ4v) is 4.03. The van der Waals surface area contributed by atoms with E-state index in [9.17, 15) is 13.2 Å². The van der Waals surface area contributed by atoms with Crippen LogP contribution >= 0.6 is 0 Å². The fraction of sp³-hybridized carbons (Fsp3) is 0.500. The van der Waals surface area contributed by atoms with Crippen molar-refractivity contribution in [2.24, 2.45) is 0 Å².